The molecule has 1 saturated carbocycles. The minimum atomic E-state index is 0.411. The Morgan fingerprint density at radius 2 is 2.18 bits per heavy atom. The van der Waals surface area contributed by atoms with E-state index in [0.717, 1.165) is 13.0 Å². The first-order chi connectivity index (χ1) is 8.15. The summed E-state index contributed by atoms with van der Waals surface area (Å²) >= 11 is 0. The van der Waals surface area contributed by atoms with Gasteiger partial charge in [-0.15, -0.1) is 0 Å². The van der Waals surface area contributed by atoms with E-state index in [1.807, 2.05) is 0 Å². The molecule has 1 fully saturated rings. The maximum atomic E-state index is 6.05. The van der Waals surface area contributed by atoms with Gasteiger partial charge in [-0.3, -0.25) is 4.90 Å². The van der Waals surface area contributed by atoms with Gasteiger partial charge in [-0.05, 0) is 38.8 Å². The van der Waals surface area contributed by atoms with Crippen LogP contribution in [0.15, 0.2) is 24.3 Å². The molecule has 1 aromatic rings. The zero-order valence-corrected chi connectivity index (χ0v) is 11.0. The molecule has 0 aliphatic heterocycles. The van der Waals surface area contributed by atoms with Crippen molar-refractivity contribution in [2.45, 2.75) is 51.2 Å². The molecule has 1 aliphatic rings. The summed E-state index contributed by atoms with van der Waals surface area (Å²) in [6.07, 6.45) is 4.94. The highest BCUT2D eigenvalue weighted by Gasteiger charge is 2.22. The molecular formula is C15H24N2. The van der Waals surface area contributed by atoms with Gasteiger partial charge in [-0.25, -0.2) is 0 Å². The molecule has 1 aromatic carbocycles. The summed E-state index contributed by atoms with van der Waals surface area (Å²) in [6, 6.07) is 9.87. The molecule has 0 aromatic heterocycles. The Bertz CT molecular complexity index is 362. The van der Waals surface area contributed by atoms with Crippen molar-refractivity contribution >= 4 is 0 Å². The predicted molar refractivity (Wildman–Crippen MR) is 72.9 cm³/mol. The molecule has 0 bridgehead atoms. The van der Waals surface area contributed by atoms with E-state index in [0.29, 0.717) is 12.1 Å². The molecule has 2 nitrogen and oxygen atoms in total. The fourth-order valence-electron chi connectivity index (χ4n) is 2.83. The highest BCUT2D eigenvalue weighted by atomic mass is 15.1. The Hall–Kier alpha value is -0.860. The van der Waals surface area contributed by atoms with Crippen molar-refractivity contribution in [1.82, 2.24) is 4.90 Å². The van der Waals surface area contributed by atoms with Crippen LogP contribution in [-0.4, -0.2) is 24.0 Å². The number of hydrogen-bond acceptors (Lipinski definition) is 2. The number of benzene rings is 1. The van der Waals surface area contributed by atoms with Gasteiger partial charge < -0.3 is 5.73 Å². The molecule has 0 amide bonds. The summed E-state index contributed by atoms with van der Waals surface area (Å²) in [5.74, 6) is 0. The standard InChI is InChI=1S/C15H24N2/c1-12-5-3-6-13(9-12)11-17(2)15-8-4-7-14(16)10-15/h3,5-6,9,14-15H,4,7-8,10-11,16H2,1-2H3. The minimum Gasteiger partial charge on any atom is -0.328 e. The monoisotopic (exact) mass is 232 g/mol. The third-order valence-electron chi connectivity index (χ3n) is 3.82. The topological polar surface area (TPSA) is 29.3 Å². The van der Waals surface area contributed by atoms with Crippen molar-refractivity contribution < 1.29 is 0 Å². The second-order valence-electron chi connectivity index (χ2n) is 5.48. The maximum absolute atomic E-state index is 6.05. The number of aryl methyl sites for hydroxylation is 1. The van der Waals surface area contributed by atoms with E-state index in [2.05, 4.69) is 43.1 Å². The van der Waals surface area contributed by atoms with Gasteiger partial charge in [0.25, 0.3) is 0 Å². The first-order valence-corrected chi connectivity index (χ1v) is 6.66. The second kappa shape index (κ2) is 5.65. The fraction of sp³-hybridized carbons (Fsp3) is 0.600. The molecule has 0 spiro atoms. The van der Waals surface area contributed by atoms with Crippen molar-refractivity contribution in [2.24, 2.45) is 5.73 Å². The minimum absolute atomic E-state index is 0.411. The predicted octanol–water partition coefficient (Wildman–Crippen LogP) is 2.70. The van der Waals surface area contributed by atoms with Crippen LogP contribution in [0.2, 0.25) is 0 Å². The molecule has 2 N–H and O–H groups in total. The molecule has 0 saturated heterocycles. The van der Waals surface area contributed by atoms with Crippen LogP contribution in [0.25, 0.3) is 0 Å². The van der Waals surface area contributed by atoms with Crippen LogP contribution in [0, 0.1) is 6.92 Å². The van der Waals surface area contributed by atoms with Crippen LogP contribution in [0.1, 0.15) is 36.8 Å². The lowest BCUT2D eigenvalue weighted by Crippen LogP contribution is -2.40. The Morgan fingerprint density at radius 3 is 2.88 bits per heavy atom. The normalized spacial score (nSPS) is 25.2. The summed E-state index contributed by atoms with van der Waals surface area (Å²) in [6.45, 7) is 3.19. The largest absolute Gasteiger partial charge is 0.328 e. The van der Waals surface area contributed by atoms with Crippen LogP contribution < -0.4 is 5.73 Å². The smallest absolute Gasteiger partial charge is 0.0233 e. The Balaban J connectivity index is 1.94. The van der Waals surface area contributed by atoms with Gasteiger partial charge in [0.1, 0.15) is 0 Å². The lowest BCUT2D eigenvalue weighted by Gasteiger charge is -2.34. The van der Waals surface area contributed by atoms with Crippen LogP contribution in [0.3, 0.4) is 0 Å². The van der Waals surface area contributed by atoms with E-state index in [1.54, 1.807) is 0 Å². The summed E-state index contributed by atoms with van der Waals surface area (Å²) < 4.78 is 0. The zero-order valence-electron chi connectivity index (χ0n) is 11.0. The molecule has 2 rings (SSSR count). The van der Waals surface area contributed by atoms with Crippen LogP contribution in [0.4, 0.5) is 0 Å². The summed E-state index contributed by atoms with van der Waals surface area (Å²) in [4.78, 5) is 2.47. The highest BCUT2D eigenvalue weighted by molar-refractivity contribution is 5.22. The van der Waals surface area contributed by atoms with Gasteiger partial charge in [0.05, 0.1) is 0 Å². The van der Waals surface area contributed by atoms with Gasteiger partial charge >= 0.3 is 0 Å². The number of nitrogens with zero attached hydrogens (tertiary/aromatic N) is 1. The molecule has 2 heteroatoms. The van der Waals surface area contributed by atoms with Gasteiger partial charge in [0.2, 0.25) is 0 Å². The van der Waals surface area contributed by atoms with E-state index >= 15 is 0 Å². The first-order valence-electron chi connectivity index (χ1n) is 6.66. The number of hydrogen-bond donors (Lipinski definition) is 1. The first kappa shape index (κ1) is 12.6. The molecular weight excluding hydrogens is 208 g/mol. The SMILES string of the molecule is Cc1cccc(CN(C)C2CCCC(N)C2)c1. The average molecular weight is 232 g/mol. The molecule has 1 aliphatic carbocycles. The van der Waals surface area contributed by atoms with Crippen molar-refractivity contribution in [1.29, 1.82) is 0 Å². The Labute approximate surface area is 105 Å². The van der Waals surface area contributed by atoms with Gasteiger partial charge in [-0.1, -0.05) is 36.2 Å². The summed E-state index contributed by atoms with van der Waals surface area (Å²) in [5, 5.41) is 0. The quantitative estimate of drug-likeness (QED) is 0.868. The van der Waals surface area contributed by atoms with Gasteiger partial charge in [0.15, 0.2) is 0 Å². The van der Waals surface area contributed by atoms with Crippen molar-refractivity contribution in [3.8, 4) is 0 Å². The van der Waals surface area contributed by atoms with Crippen molar-refractivity contribution in [3.05, 3.63) is 35.4 Å². The van der Waals surface area contributed by atoms with Crippen molar-refractivity contribution in [3.63, 3.8) is 0 Å². The lowest BCUT2D eigenvalue weighted by atomic mass is 9.90. The molecule has 17 heavy (non-hydrogen) atoms. The maximum Gasteiger partial charge on any atom is 0.0233 e. The second-order valence-corrected chi connectivity index (χ2v) is 5.48. The Kier molecular flexibility index (Phi) is 4.19. The number of rotatable bonds is 3. The average Bonchev–Trinajstić information content (AvgIpc) is 2.29. The molecule has 2 atom stereocenters. The third kappa shape index (κ3) is 3.55. The van der Waals surface area contributed by atoms with E-state index in [-0.39, 0.29) is 0 Å². The lowest BCUT2D eigenvalue weighted by molar-refractivity contribution is 0.173. The molecule has 0 radical (unpaired) electrons. The number of nitrogens with two attached hydrogens (primary N) is 1. The Morgan fingerprint density at radius 1 is 1.35 bits per heavy atom. The van der Waals surface area contributed by atoms with Crippen LogP contribution in [0.5, 0.6) is 0 Å². The molecule has 94 valence electrons. The zero-order chi connectivity index (χ0) is 12.3. The molecule has 0 heterocycles. The van der Waals surface area contributed by atoms with E-state index in [1.165, 1.54) is 30.4 Å². The fourth-order valence-corrected chi connectivity index (χ4v) is 2.83. The van der Waals surface area contributed by atoms with E-state index in [9.17, 15) is 0 Å². The summed E-state index contributed by atoms with van der Waals surface area (Å²) in [7, 11) is 2.23. The van der Waals surface area contributed by atoms with Gasteiger partial charge in [0, 0.05) is 18.6 Å². The van der Waals surface area contributed by atoms with Crippen LogP contribution >= 0.6 is 0 Å². The van der Waals surface area contributed by atoms with Crippen LogP contribution in [-0.2, 0) is 6.54 Å². The molecule has 2 unspecified atom stereocenters. The summed E-state index contributed by atoms with van der Waals surface area (Å²) in [5.41, 5.74) is 8.81. The van der Waals surface area contributed by atoms with Crippen molar-refractivity contribution in [2.75, 3.05) is 7.05 Å². The van der Waals surface area contributed by atoms with Gasteiger partial charge in [-0.2, -0.15) is 0 Å². The van der Waals surface area contributed by atoms with E-state index < -0.39 is 0 Å². The van der Waals surface area contributed by atoms with E-state index in [4.69, 9.17) is 5.73 Å². The third-order valence-corrected chi connectivity index (χ3v) is 3.82. The highest BCUT2D eigenvalue weighted by Crippen LogP contribution is 2.22.